The van der Waals surface area contributed by atoms with Crippen LogP contribution in [0, 0.1) is 5.92 Å². The van der Waals surface area contributed by atoms with Crippen molar-refractivity contribution in [2.24, 2.45) is 5.92 Å². The van der Waals surface area contributed by atoms with Crippen LogP contribution in [0.2, 0.25) is 0 Å². The zero-order valence-corrected chi connectivity index (χ0v) is 13.6. The molecule has 1 aromatic heterocycles. The molecule has 0 N–H and O–H groups in total. The van der Waals surface area contributed by atoms with Gasteiger partial charge in [-0.2, -0.15) is 5.10 Å². The Balaban J connectivity index is 2.06. The van der Waals surface area contributed by atoms with Gasteiger partial charge in [0.1, 0.15) is 6.10 Å². The molecule has 1 heterocycles. The van der Waals surface area contributed by atoms with Crippen molar-refractivity contribution in [3.63, 3.8) is 0 Å². The van der Waals surface area contributed by atoms with Gasteiger partial charge < -0.3 is 4.74 Å². The topological polar surface area (TPSA) is 44.1 Å². The summed E-state index contributed by atoms with van der Waals surface area (Å²) in [4.78, 5) is 12.6. The van der Waals surface area contributed by atoms with E-state index in [-0.39, 0.29) is 11.9 Å². The van der Waals surface area contributed by atoms with Gasteiger partial charge in [0.15, 0.2) is 5.78 Å². The summed E-state index contributed by atoms with van der Waals surface area (Å²) in [7, 11) is 1.67. The minimum atomic E-state index is -0.240. The summed E-state index contributed by atoms with van der Waals surface area (Å²) < 4.78 is 7.50. The second-order valence-corrected chi connectivity index (χ2v) is 5.99. The van der Waals surface area contributed by atoms with E-state index in [2.05, 4.69) is 25.0 Å². The van der Waals surface area contributed by atoms with Crippen molar-refractivity contribution >= 4 is 5.78 Å². The van der Waals surface area contributed by atoms with Crippen LogP contribution in [-0.4, -0.2) is 28.8 Å². The molecule has 2 rings (SSSR count). The van der Waals surface area contributed by atoms with Crippen molar-refractivity contribution in [3.8, 4) is 0 Å². The SMILES string of the molecule is CCc1cc(CC(=O)C(OC)C2CCCCC2)n(CC)n1. The van der Waals surface area contributed by atoms with E-state index in [0.29, 0.717) is 12.3 Å². The smallest absolute Gasteiger partial charge is 0.167 e. The van der Waals surface area contributed by atoms with Crippen LogP contribution in [0.3, 0.4) is 0 Å². The van der Waals surface area contributed by atoms with Gasteiger partial charge >= 0.3 is 0 Å². The van der Waals surface area contributed by atoms with E-state index in [0.717, 1.165) is 37.2 Å². The van der Waals surface area contributed by atoms with Gasteiger partial charge in [-0.1, -0.05) is 26.2 Å². The van der Waals surface area contributed by atoms with E-state index in [1.807, 2.05) is 4.68 Å². The molecule has 1 saturated carbocycles. The van der Waals surface area contributed by atoms with E-state index in [1.54, 1.807) is 7.11 Å². The van der Waals surface area contributed by atoms with Gasteiger partial charge in [-0.15, -0.1) is 0 Å². The number of nitrogens with zero attached hydrogens (tertiary/aromatic N) is 2. The number of methoxy groups -OCH3 is 1. The molecule has 0 bridgehead atoms. The van der Waals surface area contributed by atoms with Gasteiger partial charge in [-0.25, -0.2) is 0 Å². The Labute approximate surface area is 127 Å². The van der Waals surface area contributed by atoms with Gasteiger partial charge in [-0.05, 0) is 38.2 Å². The summed E-state index contributed by atoms with van der Waals surface area (Å²) in [5, 5.41) is 4.52. The van der Waals surface area contributed by atoms with E-state index >= 15 is 0 Å². The zero-order chi connectivity index (χ0) is 15.2. The summed E-state index contributed by atoms with van der Waals surface area (Å²) in [5.41, 5.74) is 2.09. The number of ether oxygens (including phenoxy) is 1. The first kappa shape index (κ1) is 16.2. The van der Waals surface area contributed by atoms with Gasteiger partial charge in [0, 0.05) is 19.3 Å². The van der Waals surface area contributed by atoms with Crippen molar-refractivity contribution in [3.05, 3.63) is 17.5 Å². The predicted octanol–water partition coefficient (Wildman–Crippen LogP) is 3.17. The second-order valence-electron chi connectivity index (χ2n) is 5.99. The summed E-state index contributed by atoms with van der Waals surface area (Å²) in [6.45, 7) is 4.97. The van der Waals surface area contributed by atoms with Crippen LogP contribution in [0.4, 0.5) is 0 Å². The molecule has 4 nitrogen and oxygen atoms in total. The molecule has 1 fully saturated rings. The van der Waals surface area contributed by atoms with Gasteiger partial charge in [0.05, 0.1) is 12.1 Å². The number of rotatable bonds is 7. The molecule has 0 spiro atoms. The number of carbonyl (C=O) groups is 1. The first-order valence-electron chi connectivity index (χ1n) is 8.30. The molecule has 0 aliphatic heterocycles. The fourth-order valence-electron chi connectivity index (χ4n) is 3.41. The van der Waals surface area contributed by atoms with Crippen molar-refractivity contribution in [1.82, 2.24) is 9.78 Å². The maximum Gasteiger partial charge on any atom is 0.167 e. The molecule has 1 unspecified atom stereocenters. The third kappa shape index (κ3) is 3.94. The van der Waals surface area contributed by atoms with Gasteiger partial charge in [0.25, 0.3) is 0 Å². The number of ketones is 1. The van der Waals surface area contributed by atoms with Crippen molar-refractivity contribution in [2.45, 2.75) is 71.4 Å². The highest BCUT2D eigenvalue weighted by Gasteiger charge is 2.29. The Morgan fingerprint density at radius 3 is 2.67 bits per heavy atom. The Morgan fingerprint density at radius 1 is 1.38 bits per heavy atom. The zero-order valence-electron chi connectivity index (χ0n) is 13.6. The molecule has 1 aromatic rings. The Hall–Kier alpha value is -1.16. The van der Waals surface area contributed by atoms with Crippen LogP contribution >= 0.6 is 0 Å². The summed E-state index contributed by atoms with van der Waals surface area (Å²) in [6, 6.07) is 2.06. The molecular formula is C17H28N2O2. The maximum absolute atomic E-state index is 12.6. The molecule has 1 aliphatic carbocycles. The lowest BCUT2D eigenvalue weighted by molar-refractivity contribution is -0.132. The molecule has 0 aromatic carbocycles. The van der Waals surface area contributed by atoms with Crippen molar-refractivity contribution < 1.29 is 9.53 Å². The number of aromatic nitrogens is 2. The normalized spacial score (nSPS) is 17.9. The number of aryl methyl sites for hydroxylation is 2. The third-order valence-electron chi connectivity index (χ3n) is 4.58. The van der Waals surface area contributed by atoms with Gasteiger partial charge in [-0.3, -0.25) is 9.48 Å². The van der Waals surface area contributed by atoms with Crippen LogP contribution in [0.5, 0.6) is 0 Å². The number of carbonyl (C=O) groups excluding carboxylic acids is 1. The molecular weight excluding hydrogens is 264 g/mol. The molecule has 1 atom stereocenters. The third-order valence-corrected chi connectivity index (χ3v) is 4.58. The largest absolute Gasteiger partial charge is 0.373 e. The molecule has 4 heteroatoms. The molecule has 1 aliphatic rings. The number of Topliss-reactive ketones (excluding diaryl/α,β-unsaturated/α-hetero) is 1. The second kappa shape index (κ2) is 7.74. The average molecular weight is 292 g/mol. The van der Waals surface area contributed by atoms with E-state index in [1.165, 1.54) is 19.3 Å². The Kier molecular flexibility index (Phi) is 5.97. The lowest BCUT2D eigenvalue weighted by Crippen LogP contribution is -2.34. The monoisotopic (exact) mass is 292 g/mol. The van der Waals surface area contributed by atoms with E-state index in [4.69, 9.17) is 4.74 Å². The molecule has 0 amide bonds. The van der Waals surface area contributed by atoms with Crippen LogP contribution < -0.4 is 0 Å². The van der Waals surface area contributed by atoms with Crippen LogP contribution in [0.25, 0.3) is 0 Å². The average Bonchev–Trinajstić information content (AvgIpc) is 2.91. The number of hydrogen-bond donors (Lipinski definition) is 0. The predicted molar refractivity (Wildman–Crippen MR) is 83.4 cm³/mol. The highest BCUT2D eigenvalue weighted by atomic mass is 16.5. The maximum atomic E-state index is 12.6. The minimum absolute atomic E-state index is 0.210. The van der Waals surface area contributed by atoms with E-state index in [9.17, 15) is 4.79 Å². The minimum Gasteiger partial charge on any atom is -0.373 e. The Bertz CT molecular complexity index is 461. The van der Waals surface area contributed by atoms with Crippen LogP contribution in [0.15, 0.2) is 6.07 Å². The van der Waals surface area contributed by atoms with Crippen molar-refractivity contribution in [1.29, 1.82) is 0 Å². The molecule has 118 valence electrons. The van der Waals surface area contributed by atoms with Crippen LogP contribution in [0.1, 0.15) is 57.3 Å². The summed E-state index contributed by atoms with van der Waals surface area (Å²) in [5.74, 6) is 0.613. The Morgan fingerprint density at radius 2 is 2.10 bits per heavy atom. The fourth-order valence-corrected chi connectivity index (χ4v) is 3.41. The molecule has 0 saturated heterocycles. The summed E-state index contributed by atoms with van der Waals surface area (Å²) in [6.07, 6.45) is 7.10. The van der Waals surface area contributed by atoms with Gasteiger partial charge in [0.2, 0.25) is 0 Å². The highest BCUT2D eigenvalue weighted by molar-refractivity contribution is 5.85. The fraction of sp³-hybridized carbons (Fsp3) is 0.765. The first-order chi connectivity index (χ1) is 10.2. The quantitative estimate of drug-likeness (QED) is 0.775. The first-order valence-corrected chi connectivity index (χ1v) is 8.30. The lowest BCUT2D eigenvalue weighted by atomic mass is 9.83. The van der Waals surface area contributed by atoms with E-state index < -0.39 is 0 Å². The molecule has 0 radical (unpaired) electrons. The summed E-state index contributed by atoms with van der Waals surface area (Å²) >= 11 is 0. The van der Waals surface area contributed by atoms with Crippen LogP contribution in [-0.2, 0) is 28.9 Å². The lowest BCUT2D eigenvalue weighted by Gasteiger charge is -2.28. The standard InChI is InChI=1S/C17H28N2O2/c1-4-14-11-15(19(5-2)18-14)12-16(20)17(21-3)13-9-7-6-8-10-13/h11,13,17H,4-10,12H2,1-3H3. The molecule has 21 heavy (non-hydrogen) atoms. The highest BCUT2D eigenvalue weighted by Crippen LogP contribution is 2.28. The number of hydrogen-bond acceptors (Lipinski definition) is 3. The van der Waals surface area contributed by atoms with Crippen molar-refractivity contribution in [2.75, 3.05) is 7.11 Å².